The molecule has 0 aliphatic heterocycles. The van der Waals surface area contributed by atoms with Gasteiger partial charge in [-0.05, 0) is 50.8 Å². The van der Waals surface area contributed by atoms with Crippen LogP contribution in [0.25, 0.3) is 11.0 Å². The van der Waals surface area contributed by atoms with Crippen molar-refractivity contribution in [1.29, 1.82) is 0 Å². The lowest BCUT2D eigenvalue weighted by Gasteiger charge is -2.30. The molecule has 0 bridgehead atoms. The smallest absolute Gasteiger partial charge is 0.343 e. The normalized spacial score (nSPS) is 13.7. The van der Waals surface area contributed by atoms with Crippen LogP contribution in [0.2, 0.25) is 0 Å². The van der Waals surface area contributed by atoms with Gasteiger partial charge in [-0.25, -0.2) is 4.79 Å². The van der Waals surface area contributed by atoms with E-state index in [4.69, 9.17) is 4.42 Å². The summed E-state index contributed by atoms with van der Waals surface area (Å²) >= 11 is 0. The van der Waals surface area contributed by atoms with Crippen LogP contribution in [0.1, 0.15) is 24.0 Å². The van der Waals surface area contributed by atoms with Crippen molar-refractivity contribution in [3.05, 3.63) is 106 Å². The zero-order valence-corrected chi connectivity index (χ0v) is 19.6. The van der Waals surface area contributed by atoms with Gasteiger partial charge in [0.05, 0.1) is 16.6 Å². The monoisotopic (exact) mass is 455 g/mol. The Hall–Kier alpha value is -3.90. The van der Waals surface area contributed by atoms with Crippen molar-refractivity contribution in [2.45, 2.75) is 12.8 Å². The zero-order valence-electron chi connectivity index (χ0n) is 19.6. The van der Waals surface area contributed by atoms with Crippen LogP contribution in [0.4, 0.5) is 5.69 Å². The molecule has 4 aromatic rings. The standard InChI is InChI=1S/C28H29N3O3/c1-19(29-30-21-14-8-5-9-15-21)23(18-31(2)3)25(20-12-6-4-7-13-20)26-27(32)22-16-10-11-17-24(22)34-28(26)33/h4-17,23,25,30,32H,18H2,1-3H3/b29-19+/t23-,25-/m1/s1. The maximum Gasteiger partial charge on any atom is 0.343 e. The second-order valence-corrected chi connectivity index (χ2v) is 8.64. The number of rotatable bonds is 8. The number of nitrogens with zero attached hydrogens (tertiary/aromatic N) is 2. The van der Waals surface area contributed by atoms with Gasteiger partial charge in [0.25, 0.3) is 0 Å². The molecule has 4 rings (SSSR count). The Labute approximate surface area is 199 Å². The molecule has 3 aromatic carbocycles. The van der Waals surface area contributed by atoms with Gasteiger partial charge in [-0.1, -0.05) is 60.7 Å². The largest absolute Gasteiger partial charge is 0.507 e. The average Bonchev–Trinajstić information content (AvgIpc) is 2.85. The van der Waals surface area contributed by atoms with Crippen molar-refractivity contribution >= 4 is 22.4 Å². The molecule has 6 nitrogen and oxygen atoms in total. The average molecular weight is 456 g/mol. The second kappa shape index (κ2) is 10.4. The molecular formula is C28H29N3O3. The summed E-state index contributed by atoms with van der Waals surface area (Å²) in [6, 6.07) is 26.5. The summed E-state index contributed by atoms with van der Waals surface area (Å²) in [5, 5.41) is 16.5. The minimum absolute atomic E-state index is 0.0479. The van der Waals surface area contributed by atoms with Crippen LogP contribution >= 0.6 is 0 Å². The molecule has 0 saturated carbocycles. The van der Waals surface area contributed by atoms with E-state index >= 15 is 0 Å². The Bertz CT molecular complexity index is 1330. The fourth-order valence-corrected chi connectivity index (χ4v) is 4.30. The molecule has 0 unspecified atom stereocenters. The van der Waals surface area contributed by atoms with E-state index in [0.717, 1.165) is 17.0 Å². The molecule has 0 aliphatic rings. The number of para-hydroxylation sites is 2. The fraction of sp³-hybridized carbons (Fsp3) is 0.214. The van der Waals surface area contributed by atoms with Crippen LogP contribution in [-0.4, -0.2) is 36.4 Å². The SMILES string of the molecule is C/C(=N\Nc1ccccc1)[C@@H](CN(C)C)[C@@H](c1ccccc1)c1c(O)c2ccccc2oc1=O. The lowest BCUT2D eigenvalue weighted by atomic mass is 9.78. The van der Waals surface area contributed by atoms with Gasteiger partial charge in [0.15, 0.2) is 0 Å². The number of fused-ring (bicyclic) bond motifs is 1. The molecule has 1 heterocycles. The summed E-state index contributed by atoms with van der Waals surface area (Å²) < 4.78 is 5.66. The van der Waals surface area contributed by atoms with E-state index in [1.807, 2.05) is 87.7 Å². The van der Waals surface area contributed by atoms with Crippen molar-refractivity contribution in [1.82, 2.24) is 4.90 Å². The van der Waals surface area contributed by atoms with Crippen LogP contribution in [0.5, 0.6) is 5.75 Å². The highest BCUT2D eigenvalue weighted by molar-refractivity contribution is 5.88. The summed E-state index contributed by atoms with van der Waals surface area (Å²) in [6.07, 6.45) is 0. The lowest BCUT2D eigenvalue weighted by molar-refractivity contribution is 0.346. The van der Waals surface area contributed by atoms with E-state index in [1.165, 1.54) is 0 Å². The van der Waals surface area contributed by atoms with Crippen LogP contribution < -0.4 is 11.1 Å². The Morgan fingerprint density at radius 1 is 0.971 bits per heavy atom. The Morgan fingerprint density at radius 2 is 1.59 bits per heavy atom. The Balaban J connectivity index is 1.88. The molecule has 0 saturated heterocycles. The fourth-order valence-electron chi connectivity index (χ4n) is 4.30. The van der Waals surface area contributed by atoms with Crippen LogP contribution in [-0.2, 0) is 0 Å². The highest BCUT2D eigenvalue weighted by Crippen LogP contribution is 2.39. The van der Waals surface area contributed by atoms with Gasteiger partial charge in [0.2, 0.25) is 0 Å². The lowest BCUT2D eigenvalue weighted by Crippen LogP contribution is -2.34. The molecular weight excluding hydrogens is 426 g/mol. The van der Waals surface area contributed by atoms with Gasteiger partial charge < -0.3 is 14.4 Å². The van der Waals surface area contributed by atoms with E-state index in [9.17, 15) is 9.90 Å². The summed E-state index contributed by atoms with van der Waals surface area (Å²) in [5.74, 6) is -0.734. The summed E-state index contributed by atoms with van der Waals surface area (Å²) in [5.41, 5.74) is 5.76. The van der Waals surface area contributed by atoms with Crippen LogP contribution in [0, 0.1) is 5.92 Å². The third-order valence-electron chi connectivity index (χ3n) is 5.93. The summed E-state index contributed by atoms with van der Waals surface area (Å²) in [7, 11) is 3.96. The molecule has 6 heteroatoms. The number of benzene rings is 3. The third kappa shape index (κ3) is 5.02. The summed E-state index contributed by atoms with van der Waals surface area (Å²) in [6.45, 7) is 2.55. The third-order valence-corrected chi connectivity index (χ3v) is 5.93. The van der Waals surface area contributed by atoms with E-state index in [2.05, 4.69) is 15.4 Å². The predicted octanol–water partition coefficient (Wildman–Crippen LogP) is 5.30. The number of anilines is 1. The molecule has 0 spiro atoms. The first-order chi connectivity index (χ1) is 16.5. The molecule has 0 aliphatic carbocycles. The maximum absolute atomic E-state index is 13.3. The molecule has 34 heavy (non-hydrogen) atoms. The van der Waals surface area contributed by atoms with Crippen molar-refractivity contribution in [3.8, 4) is 5.75 Å². The van der Waals surface area contributed by atoms with E-state index < -0.39 is 11.5 Å². The highest BCUT2D eigenvalue weighted by Gasteiger charge is 2.33. The molecule has 0 radical (unpaired) electrons. The minimum Gasteiger partial charge on any atom is -0.507 e. The summed E-state index contributed by atoms with van der Waals surface area (Å²) in [4.78, 5) is 15.3. The van der Waals surface area contributed by atoms with E-state index in [-0.39, 0.29) is 17.2 Å². The van der Waals surface area contributed by atoms with Crippen molar-refractivity contribution in [2.75, 3.05) is 26.1 Å². The van der Waals surface area contributed by atoms with Crippen LogP contribution in [0.3, 0.4) is 0 Å². The van der Waals surface area contributed by atoms with Gasteiger partial charge in [0, 0.05) is 24.1 Å². The van der Waals surface area contributed by atoms with E-state index in [1.54, 1.807) is 18.2 Å². The van der Waals surface area contributed by atoms with Crippen molar-refractivity contribution in [2.24, 2.45) is 11.0 Å². The number of nitrogens with one attached hydrogen (secondary N) is 1. The van der Waals surface area contributed by atoms with Gasteiger partial charge in [-0.3, -0.25) is 5.43 Å². The number of hydrazone groups is 1. The second-order valence-electron chi connectivity index (χ2n) is 8.64. The topological polar surface area (TPSA) is 78.1 Å². The molecule has 2 atom stereocenters. The van der Waals surface area contributed by atoms with Gasteiger partial charge in [-0.15, -0.1) is 0 Å². The quantitative estimate of drug-likeness (QED) is 0.214. The first kappa shape index (κ1) is 23.3. The minimum atomic E-state index is -0.544. The van der Waals surface area contributed by atoms with Crippen LogP contribution in [0.15, 0.2) is 99.2 Å². The van der Waals surface area contributed by atoms with Gasteiger partial charge in [0.1, 0.15) is 11.3 Å². The zero-order chi connectivity index (χ0) is 24.1. The van der Waals surface area contributed by atoms with E-state index in [0.29, 0.717) is 17.5 Å². The first-order valence-corrected chi connectivity index (χ1v) is 11.3. The van der Waals surface area contributed by atoms with Crippen molar-refractivity contribution < 1.29 is 9.52 Å². The predicted molar refractivity (Wildman–Crippen MR) is 138 cm³/mol. The molecule has 2 N–H and O–H groups in total. The number of hydrogen-bond donors (Lipinski definition) is 2. The number of hydrogen-bond acceptors (Lipinski definition) is 6. The molecule has 0 amide bonds. The molecule has 174 valence electrons. The molecule has 0 fully saturated rings. The van der Waals surface area contributed by atoms with Crippen molar-refractivity contribution in [3.63, 3.8) is 0 Å². The highest BCUT2D eigenvalue weighted by atomic mass is 16.4. The first-order valence-electron chi connectivity index (χ1n) is 11.3. The van der Waals surface area contributed by atoms with Gasteiger partial charge >= 0.3 is 5.63 Å². The Morgan fingerprint density at radius 3 is 2.26 bits per heavy atom. The molecule has 1 aromatic heterocycles. The number of aromatic hydroxyl groups is 1. The Kier molecular flexibility index (Phi) is 7.09. The van der Waals surface area contributed by atoms with Gasteiger partial charge in [-0.2, -0.15) is 5.10 Å². The maximum atomic E-state index is 13.3.